The summed E-state index contributed by atoms with van der Waals surface area (Å²) in [5.41, 5.74) is 0. The number of halogens is 4. The van der Waals surface area contributed by atoms with Crippen molar-refractivity contribution in [3.8, 4) is 0 Å². The Balaban J connectivity index is -0.000000107. The van der Waals surface area contributed by atoms with Crippen LogP contribution in [0.3, 0.4) is 0 Å². The molecule has 0 amide bonds. The van der Waals surface area contributed by atoms with Crippen molar-refractivity contribution in [2.24, 2.45) is 0 Å². The zero-order valence-electron chi connectivity index (χ0n) is 6.58. The lowest BCUT2D eigenvalue weighted by atomic mass is 10.6. The molecule has 0 aliphatic carbocycles. The molecule has 0 saturated carbocycles. The van der Waals surface area contributed by atoms with Gasteiger partial charge in [-0.3, -0.25) is 0 Å². The molecule has 0 heterocycles. The summed E-state index contributed by atoms with van der Waals surface area (Å²) in [7, 11) is 0. The van der Waals surface area contributed by atoms with Crippen LogP contribution >= 0.6 is 46.4 Å². The molecule has 11 heavy (non-hydrogen) atoms. The van der Waals surface area contributed by atoms with E-state index in [0.717, 1.165) is 0 Å². The van der Waals surface area contributed by atoms with Crippen LogP contribution in [0.25, 0.3) is 0 Å². The number of hydrogen-bond acceptors (Lipinski definition) is 0. The Morgan fingerprint density at radius 1 is 0.909 bits per heavy atom. The van der Waals surface area contributed by atoms with Crippen LogP contribution in [0.5, 0.6) is 0 Å². The van der Waals surface area contributed by atoms with E-state index in [4.69, 9.17) is 46.4 Å². The third-order valence-corrected chi connectivity index (χ3v) is 1.98. The maximum Gasteiger partial charge on any atom is 0.0443 e. The molecule has 0 aromatic rings. The van der Waals surface area contributed by atoms with Gasteiger partial charge in [0.05, 0.1) is 0 Å². The maximum absolute atomic E-state index is 5.33. The quantitative estimate of drug-likeness (QED) is 0.669. The predicted molar refractivity (Wildman–Crippen MR) is 55.7 cm³/mol. The van der Waals surface area contributed by atoms with Gasteiger partial charge in [0.1, 0.15) is 0 Å². The topological polar surface area (TPSA) is 31.5 Å². The lowest BCUT2D eigenvalue weighted by Gasteiger charge is -1.85. The SMILES string of the molecule is CC(Cl)CCl.CC(Cl)CCl.O. The van der Waals surface area contributed by atoms with E-state index >= 15 is 0 Å². The van der Waals surface area contributed by atoms with Gasteiger partial charge in [0.25, 0.3) is 0 Å². The van der Waals surface area contributed by atoms with Crippen molar-refractivity contribution in [1.29, 1.82) is 0 Å². The molecule has 0 spiro atoms. The first kappa shape index (κ1) is 18.0. The average Bonchev–Trinajstić information content (AvgIpc) is 1.89. The summed E-state index contributed by atoms with van der Waals surface area (Å²) in [5.74, 6) is 1.09. The highest BCUT2D eigenvalue weighted by Gasteiger charge is 1.85. The number of alkyl halides is 4. The largest absolute Gasteiger partial charge is 0.412 e. The standard InChI is InChI=1S/2C3H6Cl2.H2O/c2*1-3(5)2-4;/h2*3H,2H2,1H3;1H2. The molecule has 5 heteroatoms. The zero-order chi connectivity index (χ0) is 8.57. The second kappa shape index (κ2) is 13.7. The first-order valence-corrected chi connectivity index (χ1v) is 4.88. The Labute approximate surface area is 88.3 Å². The maximum atomic E-state index is 5.33. The normalized spacial score (nSPS) is 13.6. The predicted octanol–water partition coefficient (Wildman–Crippen LogP) is 2.88. The number of rotatable bonds is 2. The van der Waals surface area contributed by atoms with Crippen LogP contribution in [-0.4, -0.2) is 28.0 Å². The van der Waals surface area contributed by atoms with E-state index in [1.807, 2.05) is 13.8 Å². The first-order chi connectivity index (χ1) is 4.54. The van der Waals surface area contributed by atoms with Gasteiger partial charge < -0.3 is 5.48 Å². The molecule has 0 radical (unpaired) electrons. The van der Waals surface area contributed by atoms with Crippen LogP contribution in [0.1, 0.15) is 13.8 Å². The molecular weight excluding hydrogens is 230 g/mol. The summed E-state index contributed by atoms with van der Waals surface area (Å²) in [5, 5.41) is 0.244. The van der Waals surface area contributed by atoms with Gasteiger partial charge in [0, 0.05) is 22.5 Å². The van der Waals surface area contributed by atoms with Crippen LogP contribution in [0, 0.1) is 0 Å². The molecule has 0 aliphatic rings. The third-order valence-electron chi connectivity index (χ3n) is 0.425. The van der Waals surface area contributed by atoms with E-state index in [1.54, 1.807) is 0 Å². The molecule has 2 unspecified atom stereocenters. The Bertz CT molecular complexity index is 50.5. The number of hydrogen-bond donors (Lipinski definition) is 0. The van der Waals surface area contributed by atoms with Crippen LogP contribution < -0.4 is 0 Å². The Hall–Kier alpha value is 1.12. The van der Waals surface area contributed by atoms with E-state index in [0.29, 0.717) is 11.8 Å². The van der Waals surface area contributed by atoms with Gasteiger partial charge in [-0.1, -0.05) is 0 Å². The Morgan fingerprint density at radius 3 is 1.00 bits per heavy atom. The van der Waals surface area contributed by atoms with Crippen molar-refractivity contribution in [1.82, 2.24) is 0 Å². The van der Waals surface area contributed by atoms with Crippen molar-refractivity contribution in [3.05, 3.63) is 0 Å². The highest BCUT2D eigenvalue weighted by Crippen LogP contribution is 1.93. The summed E-state index contributed by atoms with van der Waals surface area (Å²) < 4.78 is 0. The minimum atomic E-state index is 0. The van der Waals surface area contributed by atoms with Crippen molar-refractivity contribution in [2.75, 3.05) is 11.8 Å². The summed E-state index contributed by atoms with van der Waals surface area (Å²) >= 11 is 21.1. The molecule has 0 aromatic heterocycles. The van der Waals surface area contributed by atoms with Gasteiger partial charge in [0.2, 0.25) is 0 Å². The van der Waals surface area contributed by atoms with Crippen LogP contribution in [0.2, 0.25) is 0 Å². The van der Waals surface area contributed by atoms with Gasteiger partial charge >= 0.3 is 0 Å². The molecule has 0 aromatic carbocycles. The van der Waals surface area contributed by atoms with Gasteiger partial charge in [-0.25, -0.2) is 0 Å². The van der Waals surface area contributed by atoms with Gasteiger partial charge in [-0.2, -0.15) is 0 Å². The molecule has 1 nitrogen and oxygen atoms in total. The minimum absolute atomic E-state index is 0. The van der Waals surface area contributed by atoms with E-state index < -0.39 is 0 Å². The van der Waals surface area contributed by atoms with Gasteiger partial charge in [0.15, 0.2) is 0 Å². The van der Waals surface area contributed by atoms with Crippen LogP contribution in [0.4, 0.5) is 0 Å². The molecular formula is C6H14Cl4O. The fraction of sp³-hybridized carbons (Fsp3) is 1.00. The van der Waals surface area contributed by atoms with Crippen molar-refractivity contribution in [2.45, 2.75) is 24.6 Å². The third kappa shape index (κ3) is 35.3. The molecule has 0 saturated heterocycles. The smallest absolute Gasteiger partial charge is 0.0443 e. The summed E-state index contributed by atoms with van der Waals surface area (Å²) in [6, 6.07) is 0. The fourth-order valence-corrected chi connectivity index (χ4v) is 0. The molecule has 72 valence electrons. The summed E-state index contributed by atoms with van der Waals surface area (Å²) in [6.45, 7) is 3.71. The van der Waals surface area contributed by atoms with E-state index in [-0.39, 0.29) is 16.2 Å². The molecule has 0 aliphatic heterocycles. The molecule has 2 N–H and O–H groups in total. The first-order valence-electron chi connectivity index (χ1n) is 2.94. The average molecular weight is 244 g/mol. The lowest BCUT2D eigenvalue weighted by Crippen LogP contribution is -1.87. The van der Waals surface area contributed by atoms with E-state index in [1.165, 1.54) is 0 Å². The zero-order valence-corrected chi connectivity index (χ0v) is 9.60. The van der Waals surface area contributed by atoms with Gasteiger partial charge in [-0.15, -0.1) is 46.4 Å². The Kier molecular flexibility index (Phi) is 22.4. The second-order valence-electron chi connectivity index (χ2n) is 1.87. The molecule has 0 fully saturated rings. The fourth-order valence-electron chi connectivity index (χ4n) is 0. The molecule has 0 rings (SSSR count). The summed E-state index contributed by atoms with van der Waals surface area (Å²) in [4.78, 5) is 0. The monoisotopic (exact) mass is 242 g/mol. The summed E-state index contributed by atoms with van der Waals surface area (Å²) in [6.07, 6.45) is 0. The Morgan fingerprint density at radius 2 is 1.00 bits per heavy atom. The van der Waals surface area contributed by atoms with Gasteiger partial charge in [-0.05, 0) is 13.8 Å². The van der Waals surface area contributed by atoms with Crippen molar-refractivity contribution >= 4 is 46.4 Å². The second-order valence-corrected chi connectivity index (χ2v) is 3.98. The van der Waals surface area contributed by atoms with E-state index in [2.05, 4.69) is 0 Å². The van der Waals surface area contributed by atoms with Crippen LogP contribution in [0.15, 0.2) is 0 Å². The van der Waals surface area contributed by atoms with Crippen molar-refractivity contribution in [3.63, 3.8) is 0 Å². The van der Waals surface area contributed by atoms with E-state index in [9.17, 15) is 0 Å². The minimum Gasteiger partial charge on any atom is -0.412 e. The highest BCUT2D eigenvalue weighted by molar-refractivity contribution is 6.28. The lowest BCUT2D eigenvalue weighted by molar-refractivity contribution is 0.824. The highest BCUT2D eigenvalue weighted by atomic mass is 35.5. The van der Waals surface area contributed by atoms with Crippen LogP contribution in [-0.2, 0) is 0 Å². The van der Waals surface area contributed by atoms with Crippen molar-refractivity contribution < 1.29 is 5.48 Å². The molecule has 2 atom stereocenters. The molecule has 0 bridgehead atoms.